The van der Waals surface area contributed by atoms with Crippen molar-refractivity contribution in [1.82, 2.24) is 4.98 Å². The topological polar surface area (TPSA) is 42.0 Å². The van der Waals surface area contributed by atoms with Gasteiger partial charge < -0.3 is 0 Å². The molecule has 3 aromatic rings. The second-order valence-corrected chi connectivity index (χ2v) is 6.57. The largest absolute Gasteiger partial charge is 0.298 e. The molecule has 1 amide bonds. The summed E-state index contributed by atoms with van der Waals surface area (Å²) in [4.78, 5) is 16.4. The van der Waals surface area contributed by atoms with E-state index >= 15 is 0 Å². The quantitative estimate of drug-likeness (QED) is 0.589. The third-order valence-corrected chi connectivity index (χ3v) is 4.67. The molecule has 1 aromatic heterocycles. The number of benzene rings is 2. The number of hydrogen-bond acceptors (Lipinski definition) is 3. The molecule has 1 heterocycles. The SMILES string of the molecule is O=C(C=Cc1ccc(Cl)c(Cl)c1)Nc1nc(-c2ccccc2)cs1. The van der Waals surface area contributed by atoms with Crippen LogP contribution in [-0.4, -0.2) is 10.9 Å². The molecule has 24 heavy (non-hydrogen) atoms. The lowest BCUT2D eigenvalue weighted by molar-refractivity contribution is -0.111. The number of aromatic nitrogens is 1. The summed E-state index contributed by atoms with van der Waals surface area (Å²) in [5.74, 6) is -0.255. The molecule has 0 fully saturated rings. The van der Waals surface area contributed by atoms with E-state index in [2.05, 4.69) is 10.3 Å². The number of halogens is 2. The molecule has 120 valence electrons. The van der Waals surface area contributed by atoms with Gasteiger partial charge in [0.05, 0.1) is 15.7 Å². The molecule has 2 aromatic carbocycles. The highest BCUT2D eigenvalue weighted by atomic mass is 35.5. The van der Waals surface area contributed by atoms with Crippen molar-refractivity contribution in [2.24, 2.45) is 0 Å². The number of amides is 1. The van der Waals surface area contributed by atoms with Gasteiger partial charge >= 0.3 is 0 Å². The van der Waals surface area contributed by atoms with Crippen LogP contribution in [0.4, 0.5) is 5.13 Å². The molecule has 1 N–H and O–H groups in total. The Balaban J connectivity index is 1.66. The minimum absolute atomic E-state index is 0.255. The number of carbonyl (C=O) groups is 1. The fourth-order valence-corrected chi connectivity index (χ4v) is 3.04. The fourth-order valence-electron chi connectivity index (χ4n) is 2.01. The van der Waals surface area contributed by atoms with E-state index in [1.54, 1.807) is 24.3 Å². The van der Waals surface area contributed by atoms with Gasteiger partial charge in [-0.25, -0.2) is 4.98 Å². The summed E-state index contributed by atoms with van der Waals surface area (Å²) >= 11 is 13.2. The van der Waals surface area contributed by atoms with E-state index in [0.29, 0.717) is 15.2 Å². The molecule has 0 saturated carbocycles. The van der Waals surface area contributed by atoms with Crippen LogP contribution in [0.3, 0.4) is 0 Å². The Hall–Kier alpha value is -2.14. The maximum atomic E-state index is 12.0. The molecule has 0 aliphatic heterocycles. The van der Waals surface area contributed by atoms with Crippen LogP contribution in [0, 0.1) is 0 Å². The first-order valence-electron chi connectivity index (χ1n) is 7.07. The van der Waals surface area contributed by atoms with Crippen LogP contribution in [0.15, 0.2) is 60.0 Å². The Morgan fingerprint density at radius 1 is 1.08 bits per heavy atom. The van der Waals surface area contributed by atoms with Gasteiger partial charge in [-0.3, -0.25) is 10.1 Å². The number of anilines is 1. The number of rotatable bonds is 4. The number of nitrogens with one attached hydrogen (secondary N) is 1. The Morgan fingerprint density at radius 2 is 1.88 bits per heavy atom. The maximum Gasteiger partial charge on any atom is 0.250 e. The van der Waals surface area contributed by atoms with Crippen LogP contribution in [0.5, 0.6) is 0 Å². The number of carbonyl (C=O) groups excluding carboxylic acids is 1. The van der Waals surface area contributed by atoms with Crippen molar-refractivity contribution in [2.45, 2.75) is 0 Å². The van der Waals surface area contributed by atoms with Gasteiger partial charge in [0.15, 0.2) is 5.13 Å². The highest BCUT2D eigenvalue weighted by molar-refractivity contribution is 7.14. The van der Waals surface area contributed by atoms with E-state index in [1.165, 1.54) is 17.4 Å². The number of hydrogen-bond donors (Lipinski definition) is 1. The molecule has 0 spiro atoms. The molecule has 0 saturated heterocycles. The van der Waals surface area contributed by atoms with E-state index in [4.69, 9.17) is 23.2 Å². The van der Waals surface area contributed by atoms with E-state index in [-0.39, 0.29) is 5.91 Å². The van der Waals surface area contributed by atoms with Gasteiger partial charge in [-0.2, -0.15) is 0 Å². The molecule has 3 rings (SSSR count). The normalized spacial score (nSPS) is 10.9. The summed E-state index contributed by atoms with van der Waals surface area (Å²) in [6.07, 6.45) is 3.10. The Labute approximate surface area is 153 Å². The summed E-state index contributed by atoms with van der Waals surface area (Å²) in [5, 5.41) is 6.15. The molecule has 3 nitrogen and oxygen atoms in total. The predicted molar refractivity (Wildman–Crippen MR) is 102 cm³/mol. The highest BCUT2D eigenvalue weighted by Gasteiger charge is 2.06. The van der Waals surface area contributed by atoms with Crippen LogP contribution in [0.1, 0.15) is 5.56 Å². The Morgan fingerprint density at radius 3 is 2.62 bits per heavy atom. The minimum Gasteiger partial charge on any atom is -0.298 e. The zero-order valence-corrected chi connectivity index (χ0v) is 14.7. The monoisotopic (exact) mass is 374 g/mol. The zero-order valence-electron chi connectivity index (χ0n) is 12.4. The van der Waals surface area contributed by atoms with Crippen LogP contribution < -0.4 is 5.32 Å². The van der Waals surface area contributed by atoms with Crippen molar-refractivity contribution in [3.05, 3.63) is 75.6 Å². The van der Waals surface area contributed by atoms with Crippen molar-refractivity contribution in [3.63, 3.8) is 0 Å². The summed E-state index contributed by atoms with van der Waals surface area (Å²) in [7, 11) is 0. The molecule has 0 aliphatic rings. The summed E-state index contributed by atoms with van der Waals surface area (Å²) in [5.41, 5.74) is 2.65. The predicted octanol–water partition coefficient (Wildman–Crippen LogP) is 5.77. The Bertz CT molecular complexity index is 891. The van der Waals surface area contributed by atoms with Crippen LogP contribution in [0.25, 0.3) is 17.3 Å². The van der Waals surface area contributed by atoms with E-state index in [9.17, 15) is 4.79 Å². The minimum atomic E-state index is -0.255. The van der Waals surface area contributed by atoms with Crippen molar-refractivity contribution in [2.75, 3.05) is 5.32 Å². The van der Waals surface area contributed by atoms with E-state index in [1.807, 2.05) is 35.7 Å². The van der Waals surface area contributed by atoms with E-state index in [0.717, 1.165) is 16.8 Å². The standard InChI is InChI=1S/C18H12Cl2N2OS/c19-14-8-6-12(10-15(14)20)7-9-17(23)22-18-21-16(11-24-18)13-4-2-1-3-5-13/h1-11H,(H,21,22,23). The number of thiazole rings is 1. The molecule has 0 aliphatic carbocycles. The molecule has 0 atom stereocenters. The van der Waals surface area contributed by atoms with Gasteiger partial charge in [-0.15, -0.1) is 11.3 Å². The molecule has 6 heteroatoms. The van der Waals surface area contributed by atoms with Gasteiger partial charge in [-0.1, -0.05) is 59.6 Å². The molecule has 0 unspecified atom stereocenters. The van der Waals surface area contributed by atoms with Gasteiger partial charge in [-0.05, 0) is 23.8 Å². The lowest BCUT2D eigenvalue weighted by atomic mass is 10.2. The Kier molecular flexibility index (Phi) is 5.30. The first kappa shape index (κ1) is 16.7. The van der Waals surface area contributed by atoms with Gasteiger partial charge in [0.25, 0.3) is 0 Å². The van der Waals surface area contributed by atoms with Crippen LogP contribution >= 0.6 is 34.5 Å². The fraction of sp³-hybridized carbons (Fsp3) is 0. The van der Waals surface area contributed by atoms with Gasteiger partial charge in [0.1, 0.15) is 0 Å². The maximum absolute atomic E-state index is 12.0. The average Bonchev–Trinajstić information content (AvgIpc) is 3.05. The zero-order chi connectivity index (χ0) is 16.9. The molecule has 0 radical (unpaired) electrons. The lowest BCUT2D eigenvalue weighted by Crippen LogP contribution is -2.07. The van der Waals surface area contributed by atoms with Gasteiger partial charge in [0, 0.05) is 17.0 Å². The second-order valence-electron chi connectivity index (χ2n) is 4.90. The third kappa shape index (κ3) is 4.23. The van der Waals surface area contributed by atoms with Crippen molar-refractivity contribution >= 4 is 51.7 Å². The summed E-state index contributed by atoms with van der Waals surface area (Å²) in [6, 6.07) is 15.0. The van der Waals surface area contributed by atoms with Crippen molar-refractivity contribution in [3.8, 4) is 11.3 Å². The van der Waals surface area contributed by atoms with Gasteiger partial charge in [0.2, 0.25) is 5.91 Å². The van der Waals surface area contributed by atoms with E-state index < -0.39 is 0 Å². The van der Waals surface area contributed by atoms with Crippen LogP contribution in [-0.2, 0) is 4.79 Å². The highest BCUT2D eigenvalue weighted by Crippen LogP contribution is 2.25. The summed E-state index contributed by atoms with van der Waals surface area (Å²) < 4.78 is 0. The summed E-state index contributed by atoms with van der Waals surface area (Å²) in [6.45, 7) is 0. The first-order chi connectivity index (χ1) is 11.6. The van der Waals surface area contributed by atoms with Crippen molar-refractivity contribution < 1.29 is 4.79 Å². The second kappa shape index (κ2) is 7.62. The smallest absolute Gasteiger partial charge is 0.250 e. The molecular formula is C18H12Cl2N2OS. The first-order valence-corrected chi connectivity index (χ1v) is 8.70. The van der Waals surface area contributed by atoms with Crippen molar-refractivity contribution in [1.29, 1.82) is 0 Å². The van der Waals surface area contributed by atoms with Crippen LogP contribution in [0.2, 0.25) is 10.0 Å². The lowest BCUT2D eigenvalue weighted by Gasteiger charge is -1.98. The molecular weight excluding hydrogens is 363 g/mol. The molecule has 0 bridgehead atoms. The number of nitrogens with zero attached hydrogens (tertiary/aromatic N) is 1. The average molecular weight is 375 g/mol. The third-order valence-electron chi connectivity index (χ3n) is 3.17.